The highest BCUT2D eigenvalue weighted by atomic mass is 16.6. The number of pyridine rings is 2. The highest BCUT2D eigenvalue weighted by Crippen LogP contribution is 2.31. The summed E-state index contributed by atoms with van der Waals surface area (Å²) in [6.45, 7) is 7.32. The predicted molar refractivity (Wildman–Crippen MR) is 270 cm³/mol. The van der Waals surface area contributed by atoms with E-state index in [4.69, 9.17) is 20.4 Å². The number of imide groups is 1. The summed E-state index contributed by atoms with van der Waals surface area (Å²) in [5, 5.41) is 16.0. The summed E-state index contributed by atoms with van der Waals surface area (Å²) >= 11 is 0. The second-order valence-electron chi connectivity index (χ2n) is 18.8. The molecule has 7 rings (SSSR count). The average molecular weight is 986 g/mol. The van der Waals surface area contributed by atoms with Crippen LogP contribution in [0.2, 0.25) is 0 Å². The molecule has 20 nitrogen and oxygen atoms in total. The fourth-order valence-electron chi connectivity index (χ4n) is 8.97. The van der Waals surface area contributed by atoms with Crippen LogP contribution in [0.25, 0.3) is 28.3 Å². The molecule has 0 radical (unpaired) electrons. The number of carbonyl (C=O) groups is 6. The van der Waals surface area contributed by atoms with Crippen molar-refractivity contribution in [1.82, 2.24) is 55.3 Å². The summed E-state index contributed by atoms with van der Waals surface area (Å²) in [5.41, 5.74) is 11.3. The van der Waals surface area contributed by atoms with Crippen LogP contribution >= 0.6 is 0 Å². The van der Waals surface area contributed by atoms with Gasteiger partial charge < -0.3 is 41.6 Å². The highest BCUT2D eigenvalue weighted by molar-refractivity contribution is 6.12. The molecule has 7 N–H and O–H groups in total. The number of aromatic amines is 1. The van der Waals surface area contributed by atoms with Gasteiger partial charge in [0.25, 0.3) is 11.8 Å². The number of rotatable bonds is 25. The van der Waals surface area contributed by atoms with Crippen molar-refractivity contribution in [3.63, 3.8) is 0 Å². The molecule has 72 heavy (non-hydrogen) atoms. The molecule has 0 bridgehead atoms. The first-order chi connectivity index (χ1) is 34.8. The molecule has 20 heteroatoms. The standard InChI is InChI=1S/C52H67N13O7/c1-34(2)47(62-44(66)17-8-5-9-27-64-45(67)24-25-46(64)68)51(70)59-41(16-11-26-54-32-53)50(69)58-39-21-18-37(19-22-39)31-72-52(71)63(28-36-13-6-4-7-14-36)30-42-60-48(38-20-23-43-55-33-56-65(43)29-38)49(61-42)40-15-10-12-35(3)57-40/h10,12,15,18-25,29,33-34,36,41,47,54H,4-9,11,13-14,16-17,26-28,30-32,53H2,1-3H3,(H,58,69)(H,59,70)(H,60,61)(H,62,66). The molecule has 0 spiro atoms. The molecule has 1 saturated carbocycles. The van der Waals surface area contributed by atoms with Crippen LogP contribution in [0, 0.1) is 18.8 Å². The van der Waals surface area contributed by atoms with E-state index in [0.717, 1.165) is 48.3 Å². The fraction of sp³-hybridized carbons (Fsp3) is 0.462. The van der Waals surface area contributed by atoms with Crippen LogP contribution in [0.15, 0.2) is 79.3 Å². The number of nitrogens with two attached hydrogens (primary N) is 1. The smallest absolute Gasteiger partial charge is 0.410 e. The van der Waals surface area contributed by atoms with E-state index in [1.807, 2.05) is 57.3 Å². The number of aromatic nitrogens is 6. The van der Waals surface area contributed by atoms with E-state index >= 15 is 0 Å². The number of hydrogen-bond donors (Lipinski definition) is 6. The monoisotopic (exact) mass is 986 g/mol. The molecule has 0 saturated heterocycles. The largest absolute Gasteiger partial charge is 0.445 e. The molecule has 1 fully saturated rings. The molecule has 4 aromatic heterocycles. The van der Waals surface area contributed by atoms with Crippen LogP contribution in [-0.4, -0.2) is 113 Å². The molecule has 5 aromatic rings. The highest BCUT2D eigenvalue weighted by Gasteiger charge is 2.30. The Hall–Kier alpha value is -7.32. The topological polar surface area (TPSA) is 264 Å². The normalized spacial score (nSPS) is 14.7. The van der Waals surface area contributed by atoms with E-state index in [1.54, 1.807) is 33.7 Å². The zero-order valence-corrected chi connectivity index (χ0v) is 41.4. The first-order valence-corrected chi connectivity index (χ1v) is 25.0. The fourth-order valence-corrected chi connectivity index (χ4v) is 8.97. The van der Waals surface area contributed by atoms with E-state index in [-0.39, 0.29) is 56.4 Å². The lowest BCUT2D eigenvalue weighted by atomic mass is 9.89. The number of imidazole rings is 1. The number of ether oxygens (including phenoxy) is 1. The number of nitrogens with one attached hydrogen (secondary N) is 5. The van der Waals surface area contributed by atoms with Gasteiger partial charge in [0.15, 0.2) is 5.65 Å². The summed E-state index contributed by atoms with van der Waals surface area (Å²) in [7, 11) is 0. The number of benzene rings is 1. The van der Waals surface area contributed by atoms with Crippen molar-refractivity contribution in [2.75, 3.05) is 31.6 Å². The molecule has 1 aliphatic heterocycles. The Labute approximate surface area is 419 Å². The zero-order chi connectivity index (χ0) is 51.0. The van der Waals surface area contributed by atoms with Crippen LogP contribution in [0.3, 0.4) is 0 Å². The maximum atomic E-state index is 14.1. The number of fused-ring (bicyclic) bond motifs is 1. The molecule has 2 unspecified atom stereocenters. The molecule has 2 atom stereocenters. The molecule has 1 aromatic carbocycles. The average Bonchev–Trinajstić information content (AvgIpc) is 4.11. The van der Waals surface area contributed by atoms with Crippen molar-refractivity contribution in [3.8, 4) is 22.6 Å². The minimum Gasteiger partial charge on any atom is -0.445 e. The first kappa shape index (κ1) is 52.5. The lowest BCUT2D eigenvalue weighted by molar-refractivity contribution is -0.137. The Bertz CT molecular complexity index is 2670. The second kappa shape index (κ2) is 25.7. The van der Waals surface area contributed by atoms with Crippen LogP contribution in [0.1, 0.15) is 102 Å². The van der Waals surface area contributed by atoms with Crippen molar-refractivity contribution in [1.29, 1.82) is 0 Å². The number of carbonyl (C=O) groups excluding carboxylic acids is 6. The SMILES string of the molecule is Cc1cccc(-c2[nH]c(CN(CC3CCCCC3)C(=O)OCc3ccc(NC(=O)C(CCCNCN)NC(=O)C(NC(=O)CCCCCN4C(=O)C=CC4=O)C(C)C)cc3)nc2-c2ccc3ncnn3c2)n1. The Morgan fingerprint density at radius 3 is 2.42 bits per heavy atom. The number of hydrogen-bond acceptors (Lipinski definition) is 13. The maximum Gasteiger partial charge on any atom is 0.410 e. The zero-order valence-electron chi connectivity index (χ0n) is 41.4. The van der Waals surface area contributed by atoms with Gasteiger partial charge >= 0.3 is 6.09 Å². The van der Waals surface area contributed by atoms with Gasteiger partial charge in [-0.1, -0.05) is 57.7 Å². The third-order valence-corrected chi connectivity index (χ3v) is 12.9. The number of aryl methyl sites for hydroxylation is 1. The number of anilines is 1. The summed E-state index contributed by atoms with van der Waals surface area (Å²) in [5.74, 6) is -1.28. The molecule has 6 amide bonds. The molecule has 5 heterocycles. The van der Waals surface area contributed by atoms with Crippen LogP contribution < -0.4 is 27.0 Å². The lowest BCUT2D eigenvalue weighted by Gasteiger charge is -2.28. The quantitative estimate of drug-likeness (QED) is 0.0239. The maximum absolute atomic E-state index is 14.1. The minimum atomic E-state index is -0.928. The third-order valence-electron chi connectivity index (χ3n) is 12.9. The Balaban J connectivity index is 0.963. The lowest BCUT2D eigenvalue weighted by Crippen LogP contribution is -2.54. The van der Waals surface area contributed by atoms with E-state index < -0.39 is 30.0 Å². The van der Waals surface area contributed by atoms with Gasteiger partial charge in [0.05, 0.1) is 23.6 Å². The van der Waals surface area contributed by atoms with Crippen LogP contribution in [0.4, 0.5) is 10.5 Å². The third kappa shape index (κ3) is 14.6. The molecule has 1 aliphatic carbocycles. The van der Waals surface area contributed by atoms with E-state index in [9.17, 15) is 28.8 Å². The second-order valence-corrected chi connectivity index (χ2v) is 18.8. The summed E-state index contributed by atoms with van der Waals surface area (Å²) < 4.78 is 7.66. The Morgan fingerprint density at radius 2 is 1.68 bits per heavy atom. The predicted octanol–water partition coefficient (Wildman–Crippen LogP) is 5.54. The minimum absolute atomic E-state index is 0.0124. The van der Waals surface area contributed by atoms with Gasteiger partial charge in [0.2, 0.25) is 17.7 Å². The summed E-state index contributed by atoms with van der Waals surface area (Å²) in [6.07, 6.45) is 13.5. The van der Waals surface area contributed by atoms with Crippen molar-refractivity contribution in [2.24, 2.45) is 17.6 Å². The summed E-state index contributed by atoms with van der Waals surface area (Å²) in [6, 6.07) is 14.8. The van der Waals surface area contributed by atoms with Crippen molar-refractivity contribution in [2.45, 2.75) is 117 Å². The number of amides is 6. The van der Waals surface area contributed by atoms with Gasteiger partial charge in [0, 0.05) is 61.5 Å². The molecule has 382 valence electrons. The number of H-pyrrole nitrogens is 1. The van der Waals surface area contributed by atoms with Crippen molar-refractivity contribution < 1.29 is 33.5 Å². The summed E-state index contributed by atoms with van der Waals surface area (Å²) in [4.78, 5) is 98.6. The van der Waals surface area contributed by atoms with Crippen LogP contribution in [0.5, 0.6) is 0 Å². The molecule has 2 aliphatic rings. The van der Waals surface area contributed by atoms with Crippen molar-refractivity contribution in [3.05, 3.63) is 96.4 Å². The van der Waals surface area contributed by atoms with Gasteiger partial charge in [-0.15, -0.1) is 0 Å². The van der Waals surface area contributed by atoms with Gasteiger partial charge in [-0.05, 0) is 106 Å². The van der Waals surface area contributed by atoms with Crippen molar-refractivity contribution >= 4 is 47.0 Å². The Morgan fingerprint density at radius 1 is 0.903 bits per heavy atom. The van der Waals surface area contributed by atoms with Crippen LogP contribution in [-0.2, 0) is 41.9 Å². The van der Waals surface area contributed by atoms with E-state index in [0.29, 0.717) is 79.5 Å². The Kier molecular flexibility index (Phi) is 18.7. The van der Waals surface area contributed by atoms with Gasteiger partial charge in [-0.2, -0.15) is 5.10 Å². The van der Waals surface area contributed by atoms with Gasteiger partial charge in [-0.3, -0.25) is 33.9 Å². The molecular formula is C52H67N13O7. The number of nitrogens with zero attached hydrogens (tertiary/aromatic N) is 7. The van der Waals surface area contributed by atoms with Gasteiger partial charge in [0.1, 0.15) is 30.8 Å². The molecular weight excluding hydrogens is 919 g/mol. The first-order valence-electron chi connectivity index (χ1n) is 25.0. The van der Waals surface area contributed by atoms with E-state index in [1.165, 1.54) is 29.8 Å². The van der Waals surface area contributed by atoms with Gasteiger partial charge in [-0.25, -0.2) is 19.3 Å². The number of unbranched alkanes of at least 4 members (excludes halogenated alkanes) is 2. The van der Waals surface area contributed by atoms with E-state index in [2.05, 4.69) is 36.3 Å².